The third-order valence-corrected chi connectivity index (χ3v) is 5.74. The van der Waals surface area contributed by atoms with Crippen molar-refractivity contribution < 1.29 is 13.2 Å². The van der Waals surface area contributed by atoms with E-state index in [0.717, 1.165) is 19.3 Å². The highest BCUT2D eigenvalue weighted by Gasteiger charge is 2.29. The summed E-state index contributed by atoms with van der Waals surface area (Å²) in [6.07, 6.45) is 3.57. The largest absolute Gasteiger partial charge is 0.356 e. The molecule has 0 aromatic heterocycles. The van der Waals surface area contributed by atoms with E-state index in [4.69, 9.17) is 0 Å². The quantitative estimate of drug-likeness (QED) is 0.862. The first kappa shape index (κ1) is 17.9. The van der Waals surface area contributed by atoms with E-state index in [1.807, 2.05) is 18.2 Å². The minimum Gasteiger partial charge on any atom is -0.356 e. The van der Waals surface area contributed by atoms with Gasteiger partial charge in [0.25, 0.3) is 0 Å². The standard InChI is InChI=1S/C17H26N2O3S/c1-14(15-7-4-3-5-8-15)10-11-18-17(20)16-9-6-12-19(13-16)23(2,21)22/h3-5,7-8,14,16H,6,9-13H2,1-2H3,(H,18,20). The Morgan fingerprint density at radius 3 is 2.70 bits per heavy atom. The maximum atomic E-state index is 12.3. The molecule has 23 heavy (non-hydrogen) atoms. The molecular formula is C17H26N2O3S. The molecule has 1 amide bonds. The number of carbonyl (C=O) groups excluding carboxylic acids is 1. The lowest BCUT2D eigenvalue weighted by molar-refractivity contribution is -0.126. The molecule has 1 heterocycles. The number of hydrogen-bond donors (Lipinski definition) is 1. The first-order chi connectivity index (χ1) is 10.9. The lowest BCUT2D eigenvalue weighted by atomic mass is 9.97. The van der Waals surface area contributed by atoms with Gasteiger partial charge in [0.2, 0.25) is 15.9 Å². The molecule has 0 aliphatic carbocycles. The van der Waals surface area contributed by atoms with Crippen LogP contribution in [0.2, 0.25) is 0 Å². The Morgan fingerprint density at radius 1 is 1.35 bits per heavy atom. The molecular weight excluding hydrogens is 312 g/mol. The Bertz CT molecular complexity index is 616. The number of nitrogens with zero attached hydrogens (tertiary/aromatic N) is 1. The highest BCUT2D eigenvalue weighted by atomic mass is 32.2. The number of carbonyl (C=O) groups is 1. The van der Waals surface area contributed by atoms with Crippen LogP contribution < -0.4 is 5.32 Å². The lowest BCUT2D eigenvalue weighted by Gasteiger charge is -2.30. The van der Waals surface area contributed by atoms with Gasteiger partial charge >= 0.3 is 0 Å². The maximum Gasteiger partial charge on any atom is 0.224 e. The molecule has 1 aromatic carbocycles. The number of rotatable bonds is 6. The summed E-state index contributed by atoms with van der Waals surface area (Å²) in [5, 5.41) is 2.96. The van der Waals surface area contributed by atoms with Gasteiger partial charge in [0, 0.05) is 19.6 Å². The van der Waals surface area contributed by atoms with Crippen LogP contribution in [0, 0.1) is 5.92 Å². The zero-order valence-corrected chi connectivity index (χ0v) is 14.7. The van der Waals surface area contributed by atoms with E-state index < -0.39 is 10.0 Å². The zero-order chi connectivity index (χ0) is 16.9. The van der Waals surface area contributed by atoms with Gasteiger partial charge in [-0.2, -0.15) is 0 Å². The van der Waals surface area contributed by atoms with Gasteiger partial charge < -0.3 is 5.32 Å². The van der Waals surface area contributed by atoms with E-state index in [1.54, 1.807) is 0 Å². The van der Waals surface area contributed by atoms with Crippen molar-refractivity contribution in [3.63, 3.8) is 0 Å². The first-order valence-corrected chi connectivity index (χ1v) is 10.0. The van der Waals surface area contributed by atoms with Crippen LogP contribution in [0.1, 0.15) is 37.7 Å². The van der Waals surface area contributed by atoms with Gasteiger partial charge in [-0.15, -0.1) is 0 Å². The first-order valence-electron chi connectivity index (χ1n) is 8.15. The van der Waals surface area contributed by atoms with Gasteiger partial charge in [0.15, 0.2) is 0 Å². The molecule has 1 aliphatic heterocycles. The van der Waals surface area contributed by atoms with Crippen molar-refractivity contribution in [2.24, 2.45) is 5.92 Å². The molecule has 1 aromatic rings. The summed E-state index contributed by atoms with van der Waals surface area (Å²) in [5.41, 5.74) is 1.27. The van der Waals surface area contributed by atoms with Crippen LogP contribution in [-0.2, 0) is 14.8 Å². The van der Waals surface area contributed by atoms with E-state index in [1.165, 1.54) is 16.1 Å². The van der Waals surface area contributed by atoms with Crippen molar-refractivity contribution in [2.45, 2.75) is 32.1 Å². The van der Waals surface area contributed by atoms with E-state index in [2.05, 4.69) is 24.4 Å². The topological polar surface area (TPSA) is 66.5 Å². The van der Waals surface area contributed by atoms with Crippen molar-refractivity contribution in [3.8, 4) is 0 Å². The average Bonchev–Trinajstić information content (AvgIpc) is 2.54. The van der Waals surface area contributed by atoms with Crippen LogP contribution in [-0.4, -0.2) is 44.5 Å². The molecule has 6 heteroatoms. The maximum absolute atomic E-state index is 12.3. The predicted octanol–water partition coefficient (Wildman–Crippen LogP) is 1.97. The summed E-state index contributed by atoms with van der Waals surface area (Å²) in [7, 11) is -3.21. The van der Waals surface area contributed by atoms with Gasteiger partial charge in [0.05, 0.1) is 12.2 Å². The molecule has 0 spiro atoms. The van der Waals surface area contributed by atoms with Gasteiger partial charge in [-0.3, -0.25) is 4.79 Å². The third-order valence-electron chi connectivity index (χ3n) is 4.47. The average molecular weight is 338 g/mol. The molecule has 1 N–H and O–H groups in total. The van der Waals surface area contributed by atoms with Gasteiger partial charge in [-0.25, -0.2) is 12.7 Å². The zero-order valence-electron chi connectivity index (χ0n) is 13.9. The summed E-state index contributed by atoms with van der Waals surface area (Å²) < 4.78 is 24.6. The Labute approximate surface area is 139 Å². The fourth-order valence-corrected chi connectivity index (χ4v) is 3.87. The summed E-state index contributed by atoms with van der Waals surface area (Å²) in [5.74, 6) is 0.125. The molecule has 128 valence electrons. The Morgan fingerprint density at radius 2 is 2.04 bits per heavy atom. The van der Waals surface area contributed by atoms with Gasteiger partial charge in [0.1, 0.15) is 0 Å². The van der Waals surface area contributed by atoms with E-state index in [-0.39, 0.29) is 11.8 Å². The minimum atomic E-state index is -3.21. The Hall–Kier alpha value is -1.40. The molecule has 1 fully saturated rings. The molecule has 0 bridgehead atoms. The van der Waals surface area contributed by atoms with E-state index in [9.17, 15) is 13.2 Å². The number of hydrogen-bond acceptors (Lipinski definition) is 3. The van der Waals surface area contributed by atoms with Gasteiger partial charge in [-0.05, 0) is 30.7 Å². The van der Waals surface area contributed by atoms with Crippen molar-refractivity contribution >= 4 is 15.9 Å². The summed E-state index contributed by atoms with van der Waals surface area (Å²) in [4.78, 5) is 12.3. The van der Waals surface area contributed by atoms with Crippen molar-refractivity contribution in [2.75, 3.05) is 25.9 Å². The molecule has 1 saturated heterocycles. The molecule has 0 saturated carbocycles. The smallest absolute Gasteiger partial charge is 0.224 e. The number of piperidine rings is 1. The molecule has 1 aliphatic rings. The van der Waals surface area contributed by atoms with Crippen LogP contribution in [0.15, 0.2) is 30.3 Å². The van der Waals surface area contributed by atoms with Crippen LogP contribution >= 0.6 is 0 Å². The third kappa shape index (κ3) is 5.32. The Balaban J connectivity index is 1.78. The molecule has 2 atom stereocenters. The second-order valence-electron chi connectivity index (χ2n) is 6.35. The second kappa shape index (κ2) is 7.93. The van der Waals surface area contributed by atoms with Crippen molar-refractivity contribution in [1.82, 2.24) is 9.62 Å². The van der Waals surface area contributed by atoms with Crippen LogP contribution in [0.5, 0.6) is 0 Å². The fraction of sp³-hybridized carbons (Fsp3) is 0.588. The van der Waals surface area contributed by atoms with Crippen LogP contribution in [0.3, 0.4) is 0 Å². The molecule has 5 nitrogen and oxygen atoms in total. The summed E-state index contributed by atoms with van der Waals surface area (Å²) in [6, 6.07) is 10.2. The van der Waals surface area contributed by atoms with E-state index >= 15 is 0 Å². The molecule has 2 unspecified atom stereocenters. The number of amides is 1. The number of benzene rings is 1. The lowest BCUT2D eigenvalue weighted by Crippen LogP contribution is -2.45. The van der Waals surface area contributed by atoms with Crippen LogP contribution in [0.25, 0.3) is 0 Å². The van der Waals surface area contributed by atoms with Crippen molar-refractivity contribution in [1.29, 1.82) is 0 Å². The second-order valence-corrected chi connectivity index (χ2v) is 8.33. The predicted molar refractivity (Wildman–Crippen MR) is 91.6 cm³/mol. The summed E-state index contributed by atoms with van der Waals surface area (Å²) in [6.45, 7) is 3.59. The van der Waals surface area contributed by atoms with Crippen molar-refractivity contribution in [3.05, 3.63) is 35.9 Å². The molecule has 0 radical (unpaired) electrons. The fourth-order valence-electron chi connectivity index (χ4n) is 2.96. The highest BCUT2D eigenvalue weighted by Crippen LogP contribution is 2.20. The SMILES string of the molecule is CC(CCNC(=O)C1CCCN(S(C)(=O)=O)C1)c1ccccc1. The number of sulfonamides is 1. The highest BCUT2D eigenvalue weighted by molar-refractivity contribution is 7.88. The number of nitrogens with one attached hydrogen (secondary N) is 1. The minimum absolute atomic E-state index is 0.0291. The monoisotopic (exact) mass is 338 g/mol. The normalized spacial score (nSPS) is 20.9. The van der Waals surface area contributed by atoms with Crippen LogP contribution in [0.4, 0.5) is 0 Å². The molecule has 2 rings (SSSR count). The Kier molecular flexibility index (Phi) is 6.18. The summed E-state index contributed by atoms with van der Waals surface area (Å²) >= 11 is 0. The van der Waals surface area contributed by atoms with E-state index in [0.29, 0.717) is 25.6 Å². The van der Waals surface area contributed by atoms with Gasteiger partial charge in [-0.1, -0.05) is 37.3 Å².